The fraction of sp³-hybridized carbons (Fsp3) is 0. The van der Waals surface area contributed by atoms with Gasteiger partial charge in [0.15, 0.2) is 0 Å². The van der Waals surface area contributed by atoms with Crippen molar-refractivity contribution in [2.75, 3.05) is 0 Å². The number of amidine groups is 1. The van der Waals surface area contributed by atoms with E-state index in [4.69, 9.17) is 5.73 Å². The number of rotatable bonds is 0. The van der Waals surface area contributed by atoms with Crippen LogP contribution in [-0.4, -0.2) is 11.7 Å². The summed E-state index contributed by atoms with van der Waals surface area (Å²) in [6.45, 7) is 0. The van der Waals surface area contributed by atoms with Crippen molar-refractivity contribution in [3.05, 3.63) is 35.1 Å². The van der Waals surface area contributed by atoms with Crippen LogP contribution in [0.25, 0.3) is 0 Å². The van der Waals surface area contributed by atoms with Gasteiger partial charge in [-0.3, -0.25) is 4.79 Å². The average Bonchev–Trinajstić information content (AvgIpc) is 2.28. The highest BCUT2D eigenvalue weighted by molar-refractivity contribution is 6.19. The predicted molar refractivity (Wildman–Crippen MR) is 41.5 cm³/mol. The van der Waals surface area contributed by atoms with Crippen molar-refractivity contribution < 1.29 is 9.18 Å². The summed E-state index contributed by atoms with van der Waals surface area (Å²) in [6.07, 6.45) is 0. The number of nitrogens with two attached hydrogens (primary N) is 1. The van der Waals surface area contributed by atoms with Crippen molar-refractivity contribution >= 4 is 11.7 Å². The largest absolute Gasteiger partial charge is 0.383 e. The summed E-state index contributed by atoms with van der Waals surface area (Å²) in [5.74, 6) is -0.724. The molecule has 0 unspecified atom stereocenters. The van der Waals surface area contributed by atoms with E-state index in [9.17, 15) is 9.18 Å². The molecule has 4 heteroatoms. The zero-order chi connectivity index (χ0) is 8.72. The van der Waals surface area contributed by atoms with Crippen LogP contribution in [-0.2, 0) is 0 Å². The molecule has 0 bridgehead atoms. The van der Waals surface area contributed by atoms with E-state index in [2.05, 4.69) is 4.99 Å². The Morgan fingerprint density at radius 2 is 2.08 bits per heavy atom. The van der Waals surface area contributed by atoms with E-state index in [1.165, 1.54) is 18.2 Å². The molecular formula is C8H5FN2O. The molecule has 3 nitrogen and oxygen atoms in total. The van der Waals surface area contributed by atoms with Gasteiger partial charge in [-0.05, 0) is 18.2 Å². The van der Waals surface area contributed by atoms with Crippen LogP contribution in [0.3, 0.4) is 0 Å². The molecule has 0 radical (unpaired) electrons. The van der Waals surface area contributed by atoms with Crippen LogP contribution in [0.4, 0.5) is 4.39 Å². The van der Waals surface area contributed by atoms with Crippen LogP contribution in [0.15, 0.2) is 23.2 Å². The zero-order valence-corrected chi connectivity index (χ0v) is 6.04. The second-order valence-electron chi connectivity index (χ2n) is 2.49. The Morgan fingerprint density at radius 3 is 2.83 bits per heavy atom. The summed E-state index contributed by atoms with van der Waals surface area (Å²) >= 11 is 0. The van der Waals surface area contributed by atoms with E-state index in [0.29, 0.717) is 11.1 Å². The van der Waals surface area contributed by atoms with Crippen LogP contribution >= 0.6 is 0 Å². The standard InChI is InChI=1S/C8H5FN2O/c9-4-1-2-5-6(3-4)7(10)11-8(5)12/h1-3H,(H2,10,11,12). The lowest BCUT2D eigenvalue weighted by molar-refractivity contribution is 0.101. The molecule has 1 aromatic carbocycles. The van der Waals surface area contributed by atoms with Gasteiger partial charge in [-0.1, -0.05) is 0 Å². The first kappa shape index (κ1) is 6.97. The third kappa shape index (κ3) is 0.812. The summed E-state index contributed by atoms with van der Waals surface area (Å²) < 4.78 is 12.6. The Bertz CT molecular complexity index is 398. The number of carbonyl (C=O) groups is 1. The van der Waals surface area contributed by atoms with E-state index in [-0.39, 0.29) is 5.84 Å². The summed E-state index contributed by atoms with van der Waals surface area (Å²) in [7, 11) is 0. The minimum absolute atomic E-state index is 0.0921. The van der Waals surface area contributed by atoms with Crippen molar-refractivity contribution in [2.24, 2.45) is 10.7 Å². The van der Waals surface area contributed by atoms with E-state index >= 15 is 0 Å². The molecule has 1 aliphatic heterocycles. The Morgan fingerprint density at radius 1 is 1.33 bits per heavy atom. The van der Waals surface area contributed by atoms with Crippen molar-refractivity contribution in [1.29, 1.82) is 0 Å². The second kappa shape index (κ2) is 2.14. The van der Waals surface area contributed by atoms with Crippen molar-refractivity contribution in [3.8, 4) is 0 Å². The molecule has 1 heterocycles. The van der Waals surface area contributed by atoms with Crippen LogP contribution in [0, 0.1) is 5.82 Å². The van der Waals surface area contributed by atoms with Gasteiger partial charge in [0, 0.05) is 5.56 Å². The summed E-state index contributed by atoms with van der Waals surface area (Å²) in [6, 6.07) is 3.81. The lowest BCUT2D eigenvalue weighted by Crippen LogP contribution is -2.10. The lowest BCUT2D eigenvalue weighted by atomic mass is 10.1. The minimum atomic E-state index is -0.415. The number of halogens is 1. The summed E-state index contributed by atoms with van der Waals surface area (Å²) in [4.78, 5) is 14.5. The first-order valence-corrected chi connectivity index (χ1v) is 3.37. The first-order chi connectivity index (χ1) is 5.68. The predicted octanol–water partition coefficient (Wildman–Crippen LogP) is 0.685. The smallest absolute Gasteiger partial charge is 0.279 e. The number of amides is 1. The number of carbonyl (C=O) groups excluding carboxylic acids is 1. The van der Waals surface area contributed by atoms with Gasteiger partial charge >= 0.3 is 0 Å². The number of fused-ring (bicyclic) bond motifs is 1. The molecule has 60 valence electrons. The molecule has 2 N–H and O–H groups in total. The first-order valence-electron chi connectivity index (χ1n) is 3.37. The molecule has 0 spiro atoms. The third-order valence-corrected chi connectivity index (χ3v) is 1.71. The van der Waals surface area contributed by atoms with Crippen molar-refractivity contribution in [1.82, 2.24) is 0 Å². The molecule has 0 aliphatic carbocycles. The van der Waals surface area contributed by atoms with E-state index in [0.717, 1.165) is 0 Å². The molecular weight excluding hydrogens is 159 g/mol. The number of aliphatic imine (C=N–C) groups is 1. The molecule has 0 saturated heterocycles. The maximum absolute atomic E-state index is 12.6. The fourth-order valence-electron chi connectivity index (χ4n) is 1.14. The van der Waals surface area contributed by atoms with Gasteiger partial charge in [-0.2, -0.15) is 4.99 Å². The van der Waals surface area contributed by atoms with Gasteiger partial charge in [0.2, 0.25) is 0 Å². The van der Waals surface area contributed by atoms with Crippen LogP contribution in [0.5, 0.6) is 0 Å². The SMILES string of the molecule is NC1=NC(=O)c2ccc(F)cc21. The molecule has 0 fully saturated rings. The normalized spacial score (nSPS) is 14.4. The average molecular weight is 164 g/mol. The van der Waals surface area contributed by atoms with Gasteiger partial charge in [0.1, 0.15) is 11.7 Å². The van der Waals surface area contributed by atoms with Crippen LogP contribution < -0.4 is 5.73 Å². The fourth-order valence-corrected chi connectivity index (χ4v) is 1.14. The van der Waals surface area contributed by atoms with Crippen molar-refractivity contribution in [3.63, 3.8) is 0 Å². The molecule has 2 rings (SSSR count). The van der Waals surface area contributed by atoms with Crippen molar-refractivity contribution in [2.45, 2.75) is 0 Å². The molecule has 1 aromatic rings. The summed E-state index contributed by atoms with van der Waals surface area (Å²) in [5.41, 5.74) is 6.13. The quantitative estimate of drug-likeness (QED) is 0.613. The van der Waals surface area contributed by atoms with Gasteiger partial charge < -0.3 is 5.73 Å². The Kier molecular flexibility index (Phi) is 1.24. The Labute approximate surface area is 67.7 Å². The monoisotopic (exact) mass is 164 g/mol. The van der Waals surface area contributed by atoms with Gasteiger partial charge in [-0.15, -0.1) is 0 Å². The second-order valence-corrected chi connectivity index (χ2v) is 2.49. The van der Waals surface area contributed by atoms with E-state index in [1.54, 1.807) is 0 Å². The number of benzene rings is 1. The highest BCUT2D eigenvalue weighted by atomic mass is 19.1. The molecule has 0 aromatic heterocycles. The minimum Gasteiger partial charge on any atom is -0.383 e. The molecule has 0 saturated carbocycles. The van der Waals surface area contributed by atoms with Crippen LogP contribution in [0.2, 0.25) is 0 Å². The van der Waals surface area contributed by atoms with Gasteiger partial charge in [0.05, 0.1) is 5.56 Å². The molecule has 1 aliphatic rings. The Hall–Kier alpha value is -1.71. The number of nitrogens with zero attached hydrogens (tertiary/aromatic N) is 1. The summed E-state index contributed by atoms with van der Waals surface area (Å²) in [5, 5.41) is 0. The van der Waals surface area contributed by atoms with Gasteiger partial charge in [-0.25, -0.2) is 4.39 Å². The molecule has 0 atom stereocenters. The molecule has 1 amide bonds. The highest BCUT2D eigenvalue weighted by Gasteiger charge is 2.20. The Balaban J connectivity index is 2.69. The molecule has 12 heavy (non-hydrogen) atoms. The zero-order valence-electron chi connectivity index (χ0n) is 6.04. The highest BCUT2D eigenvalue weighted by Crippen LogP contribution is 2.17. The topological polar surface area (TPSA) is 55.4 Å². The van der Waals surface area contributed by atoms with E-state index < -0.39 is 11.7 Å². The maximum atomic E-state index is 12.6. The van der Waals surface area contributed by atoms with Gasteiger partial charge in [0.25, 0.3) is 5.91 Å². The van der Waals surface area contributed by atoms with E-state index in [1.807, 2.05) is 0 Å². The lowest BCUT2D eigenvalue weighted by Gasteiger charge is -1.95. The number of hydrogen-bond donors (Lipinski definition) is 1. The third-order valence-electron chi connectivity index (χ3n) is 1.71. The maximum Gasteiger partial charge on any atom is 0.279 e. The van der Waals surface area contributed by atoms with Crippen LogP contribution in [0.1, 0.15) is 15.9 Å². The number of hydrogen-bond acceptors (Lipinski definition) is 2.